The number of nitrogens with zero attached hydrogens (tertiary/aromatic N) is 1. The molecule has 1 saturated carbocycles. The van der Waals surface area contributed by atoms with Gasteiger partial charge in [0.05, 0.1) is 4.90 Å². The fourth-order valence-electron chi connectivity index (χ4n) is 2.35. The largest absolute Gasteiger partial charge is 0.313 e. The average Bonchev–Trinajstić information content (AvgIpc) is 3.27. The summed E-state index contributed by atoms with van der Waals surface area (Å²) in [6.45, 7) is 8.46. The van der Waals surface area contributed by atoms with Gasteiger partial charge in [0.2, 0.25) is 10.0 Å². The van der Waals surface area contributed by atoms with Crippen molar-refractivity contribution < 1.29 is 8.42 Å². The van der Waals surface area contributed by atoms with Crippen LogP contribution in [0.1, 0.15) is 39.2 Å². The smallest absolute Gasteiger partial charge is 0.243 e. The van der Waals surface area contributed by atoms with Gasteiger partial charge >= 0.3 is 0 Å². The summed E-state index contributed by atoms with van der Waals surface area (Å²) in [5, 5.41) is 3.24. The highest BCUT2D eigenvalue weighted by molar-refractivity contribution is 7.89. The number of rotatable bonds is 8. The number of hydrogen-bond acceptors (Lipinski definition) is 3. The quantitative estimate of drug-likeness (QED) is 0.803. The summed E-state index contributed by atoms with van der Waals surface area (Å²) in [6, 6.07) is 7.47. The molecular formula is C16H26N2O2S. The standard InChI is InChI=1S/C16H26N2O2S/c1-4-17-11-14-5-9-16(10-6-14)21(19,20)18(12-13(2)3)15-7-8-15/h5-6,9-10,13,15,17H,4,7-8,11-12H2,1-3H3. The lowest BCUT2D eigenvalue weighted by Gasteiger charge is -2.23. The molecule has 1 aromatic rings. The van der Waals surface area contributed by atoms with Gasteiger partial charge in [-0.05, 0) is 43.0 Å². The van der Waals surface area contributed by atoms with E-state index in [1.165, 1.54) is 0 Å². The van der Waals surface area contributed by atoms with Crippen LogP contribution in [0.25, 0.3) is 0 Å². The molecule has 1 N–H and O–H groups in total. The van der Waals surface area contributed by atoms with Gasteiger partial charge in [-0.25, -0.2) is 8.42 Å². The Kier molecular flexibility index (Phi) is 5.41. The Morgan fingerprint density at radius 1 is 1.24 bits per heavy atom. The van der Waals surface area contributed by atoms with Crippen molar-refractivity contribution in [2.75, 3.05) is 13.1 Å². The summed E-state index contributed by atoms with van der Waals surface area (Å²) in [6.07, 6.45) is 1.98. The van der Waals surface area contributed by atoms with Crippen molar-refractivity contribution >= 4 is 10.0 Å². The molecule has 0 heterocycles. The Bertz CT molecular complexity index is 548. The first-order valence-electron chi connectivity index (χ1n) is 7.76. The van der Waals surface area contributed by atoms with Gasteiger partial charge in [0.25, 0.3) is 0 Å². The molecule has 2 rings (SSSR count). The zero-order chi connectivity index (χ0) is 15.5. The van der Waals surface area contributed by atoms with E-state index >= 15 is 0 Å². The van der Waals surface area contributed by atoms with E-state index in [-0.39, 0.29) is 6.04 Å². The van der Waals surface area contributed by atoms with Gasteiger partial charge in [-0.2, -0.15) is 4.31 Å². The zero-order valence-electron chi connectivity index (χ0n) is 13.2. The summed E-state index contributed by atoms with van der Waals surface area (Å²) >= 11 is 0. The number of benzene rings is 1. The molecule has 1 aromatic carbocycles. The van der Waals surface area contributed by atoms with Crippen molar-refractivity contribution in [2.45, 2.75) is 51.1 Å². The minimum atomic E-state index is -3.36. The first-order chi connectivity index (χ1) is 9.95. The van der Waals surface area contributed by atoms with Crippen molar-refractivity contribution in [3.63, 3.8) is 0 Å². The molecule has 1 aliphatic carbocycles. The lowest BCUT2D eigenvalue weighted by atomic mass is 10.2. The maximum absolute atomic E-state index is 12.8. The lowest BCUT2D eigenvalue weighted by molar-refractivity contribution is 0.360. The van der Waals surface area contributed by atoms with Crippen molar-refractivity contribution in [1.82, 2.24) is 9.62 Å². The molecule has 0 bridgehead atoms. The third-order valence-electron chi connectivity index (χ3n) is 3.61. The van der Waals surface area contributed by atoms with E-state index in [0.717, 1.165) is 31.5 Å². The summed E-state index contributed by atoms with van der Waals surface area (Å²) in [7, 11) is -3.36. The number of hydrogen-bond donors (Lipinski definition) is 1. The van der Waals surface area contributed by atoms with E-state index in [1.54, 1.807) is 16.4 Å². The Balaban J connectivity index is 2.17. The zero-order valence-corrected chi connectivity index (χ0v) is 14.0. The molecule has 0 amide bonds. The monoisotopic (exact) mass is 310 g/mol. The Morgan fingerprint density at radius 2 is 1.86 bits per heavy atom. The van der Waals surface area contributed by atoms with Gasteiger partial charge in [-0.1, -0.05) is 32.9 Å². The highest BCUT2D eigenvalue weighted by atomic mass is 32.2. The minimum Gasteiger partial charge on any atom is -0.313 e. The second-order valence-corrected chi connectivity index (χ2v) is 8.01. The Hall–Kier alpha value is -0.910. The Morgan fingerprint density at radius 3 is 2.33 bits per heavy atom. The topological polar surface area (TPSA) is 49.4 Å². The normalized spacial score (nSPS) is 15.9. The van der Waals surface area contributed by atoms with E-state index in [1.807, 2.05) is 12.1 Å². The maximum Gasteiger partial charge on any atom is 0.243 e. The van der Waals surface area contributed by atoms with Crippen LogP contribution in [-0.2, 0) is 16.6 Å². The molecule has 1 fully saturated rings. The van der Waals surface area contributed by atoms with Crippen molar-refractivity contribution in [2.24, 2.45) is 5.92 Å². The molecular weight excluding hydrogens is 284 g/mol. The molecule has 0 saturated heterocycles. The van der Waals surface area contributed by atoms with Crippen LogP contribution >= 0.6 is 0 Å². The van der Waals surface area contributed by atoms with E-state index in [4.69, 9.17) is 0 Å². The van der Waals surface area contributed by atoms with Crippen LogP contribution in [0, 0.1) is 5.92 Å². The maximum atomic E-state index is 12.8. The van der Waals surface area contributed by atoms with Crippen molar-refractivity contribution in [1.29, 1.82) is 0 Å². The highest BCUT2D eigenvalue weighted by Gasteiger charge is 2.38. The minimum absolute atomic E-state index is 0.207. The van der Waals surface area contributed by atoms with Crippen LogP contribution in [0.15, 0.2) is 29.2 Å². The van der Waals surface area contributed by atoms with Crippen LogP contribution in [0.4, 0.5) is 0 Å². The molecule has 0 radical (unpaired) electrons. The van der Waals surface area contributed by atoms with Crippen LogP contribution in [-0.4, -0.2) is 31.9 Å². The molecule has 118 valence electrons. The molecule has 21 heavy (non-hydrogen) atoms. The van der Waals surface area contributed by atoms with Gasteiger partial charge in [0.1, 0.15) is 0 Å². The molecule has 5 heteroatoms. The van der Waals surface area contributed by atoms with E-state index < -0.39 is 10.0 Å². The fourth-order valence-corrected chi connectivity index (χ4v) is 4.20. The van der Waals surface area contributed by atoms with Crippen molar-refractivity contribution in [3.8, 4) is 0 Å². The predicted octanol–water partition coefficient (Wildman–Crippen LogP) is 2.61. The second-order valence-electron chi connectivity index (χ2n) is 6.12. The van der Waals surface area contributed by atoms with Gasteiger partial charge in [-0.3, -0.25) is 0 Å². The average molecular weight is 310 g/mol. The molecule has 1 aliphatic rings. The van der Waals surface area contributed by atoms with Crippen LogP contribution in [0.5, 0.6) is 0 Å². The summed E-state index contributed by atoms with van der Waals surface area (Å²) in [5.74, 6) is 0.341. The molecule has 0 aromatic heterocycles. The molecule has 0 aliphatic heterocycles. The highest BCUT2D eigenvalue weighted by Crippen LogP contribution is 2.32. The molecule has 0 spiro atoms. The van der Waals surface area contributed by atoms with E-state index in [0.29, 0.717) is 17.4 Å². The van der Waals surface area contributed by atoms with Crippen LogP contribution in [0.3, 0.4) is 0 Å². The molecule has 0 atom stereocenters. The van der Waals surface area contributed by atoms with Gasteiger partial charge in [-0.15, -0.1) is 0 Å². The molecule has 4 nitrogen and oxygen atoms in total. The first-order valence-corrected chi connectivity index (χ1v) is 9.20. The van der Waals surface area contributed by atoms with Gasteiger partial charge in [0, 0.05) is 19.1 Å². The van der Waals surface area contributed by atoms with Crippen molar-refractivity contribution in [3.05, 3.63) is 29.8 Å². The third kappa shape index (κ3) is 4.28. The predicted molar refractivity (Wildman–Crippen MR) is 85.6 cm³/mol. The molecule has 0 unspecified atom stereocenters. The summed E-state index contributed by atoms with van der Waals surface area (Å²) in [5.41, 5.74) is 1.11. The fraction of sp³-hybridized carbons (Fsp3) is 0.625. The lowest BCUT2D eigenvalue weighted by Crippen LogP contribution is -2.36. The second kappa shape index (κ2) is 6.90. The Labute approximate surface area is 128 Å². The van der Waals surface area contributed by atoms with E-state index in [9.17, 15) is 8.42 Å². The number of sulfonamides is 1. The van der Waals surface area contributed by atoms with Crippen LogP contribution < -0.4 is 5.32 Å². The van der Waals surface area contributed by atoms with Gasteiger partial charge < -0.3 is 5.32 Å². The third-order valence-corrected chi connectivity index (χ3v) is 5.54. The van der Waals surface area contributed by atoms with E-state index in [2.05, 4.69) is 26.1 Å². The van der Waals surface area contributed by atoms with Gasteiger partial charge in [0.15, 0.2) is 0 Å². The SMILES string of the molecule is CCNCc1ccc(S(=O)(=O)N(CC(C)C)C2CC2)cc1. The van der Waals surface area contributed by atoms with Crippen LogP contribution in [0.2, 0.25) is 0 Å². The summed E-state index contributed by atoms with van der Waals surface area (Å²) in [4.78, 5) is 0.412. The number of nitrogens with one attached hydrogen (secondary N) is 1. The summed E-state index contributed by atoms with van der Waals surface area (Å²) < 4.78 is 27.3. The first kappa shape index (κ1) is 16.5.